The van der Waals surface area contributed by atoms with Gasteiger partial charge in [0.2, 0.25) is 5.91 Å². The van der Waals surface area contributed by atoms with Gasteiger partial charge in [0, 0.05) is 45.7 Å². The normalized spacial score (nSPS) is 12.7. The van der Waals surface area contributed by atoms with Crippen LogP contribution >= 0.6 is 0 Å². The molecule has 1 aliphatic rings. The number of fused-ring (bicyclic) bond motifs is 1. The molecule has 2 aromatic rings. The van der Waals surface area contributed by atoms with Gasteiger partial charge in [0.25, 0.3) is 17.7 Å². The van der Waals surface area contributed by atoms with Crippen LogP contribution in [-0.4, -0.2) is 65.5 Å². The first-order valence-electron chi connectivity index (χ1n) is 10.3. The summed E-state index contributed by atoms with van der Waals surface area (Å²) < 4.78 is 0. The van der Waals surface area contributed by atoms with Crippen LogP contribution in [0.2, 0.25) is 0 Å². The second-order valence-corrected chi connectivity index (χ2v) is 7.87. The first-order chi connectivity index (χ1) is 14.7. The number of carbonyl (C=O) groups is 4. The molecule has 7 nitrogen and oxygen atoms in total. The highest BCUT2D eigenvalue weighted by molar-refractivity contribution is 6.21. The average Bonchev–Trinajstić information content (AvgIpc) is 2.99. The molecule has 31 heavy (non-hydrogen) atoms. The van der Waals surface area contributed by atoms with E-state index in [1.165, 1.54) is 4.90 Å². The van der Waals surface area contributed by atoms with Gasteiger partial charge in [0.1, 0.15) is 0 Å². The molecule has 0 aliphatic carbocycles. The first kappa shape index (κ1) is 22.2. The molecule has 0 aromatic heterocycles. The maximum Gasteiger partial charge on any atom is 0.261 e. The molecule has 0 spiro atoms. The van der Waals surface area contributed by atoms with Gasteiger partial charge in [0.15, 0.2) is 0 Å². The van der Waals surface area contributed by atoms with Crippen LogP contribution in [0.5, 0.6) is 0 Å². The summed E-state index contributed by atoms with van der Waals surface area (Å²) in [5.74, 6) is -0.910. The Morgan fingerprint density at radius 2 is 1.58 bits per heavy atom. The van der Waals surface area contributed by atoms with Crippen LogP contribution in [0.3, 0.4) is 0 Å². The topological polar surface area (TPSA) is 78.0 Å². The van der Waals surface area contributed by atoms with Gasteiger partial charge in [-0.1, -0.05) is 23.8 Å². The zero-order valence-corrected chi connectivity index (χ0v) is 18.3. The van der Waals surface area contributed by atoms with E-state index in [2.05, 4.69) is 0 Å². The van der Waals surface area contributed by atoms with Crippen molar-refractivity contribution in [3.8, 4) is 0 Å². The van der Waals surface area contributed by atoms with Crippen LogP contribution in [0.25, 0.3) is 0 Å². The van der Waals surface area contributed by atoms with E-state index in [1.54, 1.807) is 49.3 Å². The molecule has 0 bridgehead atoms. The van der Waals surface area contributed by atoms with Crippen LogP contribution < -0.4 is 0 Å². The average molecular weight is 421 g/mol. The lowest BCUT2D eigenvalue weighted by molar-refractivity contribution is -0.131. The number of carbonyl (C=O) groups excluding carboxylic acids is 4. The van der Waals surface area contributed by atoms with E-state index < -0.39 is 0 Å². The van der Waals surface area contributed by atoms with Gasteiger partial charge in [-0.2, -0.15) is 0 Å². The SMILES string of the molecule is CCN(Cc1ccc(C(=O)N(C)C)cc1)C(=O)CCN1C(=O)c2ccc(C)cc2C1=O. The number of rotatable bonds is 7. The Kier molecular flexibility index (Phi) is 6.53. The standard InChI is InChI=1S/C24H27N3O4/c1-5-26(15-17-7-9-18(10-8-17)22(29)25(3)4)21(28)12-13-27-23(30)19-11-6-16(2)14-20(19)24(27)31/h6-11,14H,5,12-13,15H2,1-4H3. The van der Waals surface area contributed by atoms with Gasteiger partial charge in [-0.05, 0) is 43.7 Å². The van der Waals surface area contributed by atoms with Crippen LogP contribution in [0.15, 0.2) is 42.5 Å². The number of hydrogen-bond donors (Lipinski definition) is 0. The summed E-state index contributed by atoms with van der Waals surface area (Å²) in [6.07, 6.45) is 0.0650. The smallest absolute Gasteiger partial charge is 0.261 e. The zero-order chi connectivity index (χ0) is 22.7. The Labute approximate surface area is 182 Å². The van der Waals surface area contributed by atoms with Crippen molar-refractivity contribution in [2.45, 2.75) is 26.8 Å². The number of imide groups is 1. The monoisotopic (exact) mass is 421 g/mol. The lowest BCUT2D eigenvalue weighted by atomic mass is 10.1. The highest BCUT2D eigenvalue weighted by Crippen LogP contribution is 2.24. The summed E-state index contributed by atoms with van der Waals surface area (Å²) in [5.41, 5.74) is 3.19. The molecule has 162 valence electrons. The minimum atomic E-state index is -0.350. The molecule has 0 N–H and O–H groups in total. The molecule has 1 aliphatic heterocycles. The number of nitrogens with zero attached hydrogens (tertiary/aromatic N) is 3. The van der Waals surface area contributed by atoms with Crippen molar-refractivity contribution in [2.75, 3.05) is 27.2 Å². The second kappa shape index (κ2) is 9.12. The highest BCUT2D eigenvalue weighted by Gasteiger charge is 2.35. The number of amides is 4. The van der Waals surface area contributed by atoms with Gasteiger partial charge in [0.05, 0.1) is 11.1 Å². The fraction of sp³-hybridized carbons (Fsp3) is 0.333. The summed E-state index contributed by atoms with van der Waals surface area (Å²) in [5, 5.41) is 0. The van der Waals surface area contributed by atoms with E-state index in [-0.39, 0.29) is 36.6 Å². The van der Waals surface area contributed by atoms with Crippen molar-refractivity contribution >= 4 is 23.6 Å². The van der Waals surface area contributed by atoms with Gasteiger partial charge in [-0.3, -0.25) is 24.1 Å². The predicted molar refractivity (Wildman–Crippen MR) is 117 cm³/mol. The van der Waals surface area contributed by atoms with E-state index >= 15 is 0 Å². The van der Waals surface area contributed by atoms with Gasteiger partial charge >= 0.3 is 0 Å². The van der Waals surface area contributed by atoms with Crippen LogP contribution in [-0.2, 0) is 11.3 Å². The summed E-state index contributed by atoms with van der Waals surface area (Å²) in [7, 11) is 3.40. The number of benzene rings is 2. The number of aryl methyl sites for hydroxylation is 1. The quantitative estimate of drug-likeness (QED) is 0.644. The summed E-state index contributed by atoms with van der Waals surface area (Å²) >= 11 is 0. The molecule has 0 saturated carbocycles. The fourth-order valence-corrected chi connectivity index (χ4v) is 3.58. The molecule has 7 heteroatoms. The first-order valence-corrected chi connectivity index (χ1v) is 10.3. The minimum Gasteiger partial charge on any atom is -0.345 e. The zero-order valence-electron chi connectivity index (χ0n) is 18.3. The van der Waals surface area contributed by atoms with Crippen LogP contribution in [0, 0.1) is 6.92 Å². The van der Waals surface area contributed by atoms with Gasteiger partial charge < -0.3 is 9.80 Å². The third-order valence-corrected chi connectivity index (χ3v) is 5.39. The Hall–Kier alpha value is -3.48. The molecule has 0 unspecified atom stereocenters. The third-order valence-electron chi connectivity index (χ3n) is 5.39. The lowest BCUT2D eigenvalue weighted by Crippen LogP contribution is -2.36. The molecular weight excluding hydrogens is 394 g/mol. The van der Waals surface area contributed by atoms with E-state index in [0.717, 1.165) is 16.0 Å². The fourth-order valence-electron chi connectivity index (χ4n) is 3.58. The number of hydrogen-bond acceptors (Lipinski definition) is 4. The molecule has 3 rings (SSSR count). The minimum absolute atomic E-state index is 0.0526. The molecule has 2 aromatic carbocycles. The Morgan fingerprint density at radius 3 is 2.19 bits per heavy atom. The van der Waals surface area contributed by atoms with Crippen molar-refractivity contribution in [3.63, 3.8) is 0 Å². The van der Waals surface area contributed by atoms with E-state index in [4.69, 9.17) is 0 Å². The third kappa shape index (κ3) is 4.66. The van der Waals surface area contributed by atoms with E-state index in [9.17, 15) is 19.2 Å². The Balaban J connectivity index is 1.61. The molecule has 0 saturated heterocycles. The maximum absolute atomic E-state index is 12.8. The second-order valence-electron chi connectivity index (χ2n) is 7.87. The summed E-state index contributed by atoms with van der Waals surface area (Å²) in [4.78, 5) is 54.2. The Morgan fingerprint density at radius 1 is 0.935 bits per heavy atom. The summed E-state index contributed by atoms with van der Waals surface area (Å²) in [6, 6.07) is 12.3. The highest BCUT2D eigenvalue weighted by atomic mass is 16.2. The van der Waals surface area contributed by atoms with Crippen molar-refractivity contribution in [2.24, 2.45) is 0 Å². The van der Waals surface area contributed by atoms with E-state index in [0.29, 0.717) is 29.8 Å². The molecular formula is C24H27N3O4. The molecule has 0 radical (unpaired) electrons. The Bertz CT molecular complexity index is 1030. The molecule has 0 atom stereocenters. The van der Waals surface area contributed by atoms with Crippen LogP contribution in [0.1, 0.15) is 55.5 Å². The largest absolute Gasteiger partial charge is 0.345 e. The van der Waals surface area contributed by atoms with Crippen molar-refractivity contribution < 1.29 is 19.2 Å². The predicted octanol–water partition coefficient (Wildman–Crippen LogP) is 2.73. The molecule has 4 amide bonds. The van der Waals surface area contributed by atoms with Crippen molar-refractivity contribution in [1.29, 1.82) is 0 Å². The van der Waals surface area contributed by atoms with Crippen LogP contribution in [0.4, 0.5) is 0 Å². The van der Waals surface area contributed by atoms with E-state index in [1.807, 2.05) is 26.0 Å². The van der Waals surface area contributed by atoms with Gasteiger partial charge in [-0.15, -0.1) is 0 Å². The maximum atomic E-state index is 12.8. The van der Waals surface area contributed by atoms with Gasteiger partial charge in [-0.25, -0.2) is 0 Å². The summed E-state index contributed by atoms with van der Waals surface area (Å²) in [6.45, 7) is 4.70. The molecule has 1 heterocycles. The van der Waals surface area contributed by atoms with Crippen molar-refractivity contribution in [3.05, 3.63) is 70.3 Å². The van der Waals surface area contributed by atoms with Crippen molar-refractivity contribution in [1.82, 2.24) is 14.7 Å². The lowest BCUT2D eigenvalue weighted by Gasteiger charge is -2.22. The molecule has 0 fully saturated rings.